The van der Waals surface area contributed by atoms with E-state index in [1.54, 1.807) is 0 Å². The Balaban J connectivity index is 1.70. The van der Waals surface area contributed by atoms with Crippen LogP contribution in [0.15, 0.2) is 0 Å². The Bertz CT molecular complexity index is 355. The minimum atomic E-state index is 0.405. The van der Waals surface area contributed by atoms with Crippen molar-refractivity contribution in [1.29, 1.82) is 0 Å². The lowest BCUT2D eigenvalue weighted by Crippen LogP contribution is -2.43. The highest BCUT2D eigenvalue weighted by molar-refractivity contribution is 5.14. The van der Waals surface area contributed by atoms with E-state index in [1.165, 1.54) is 64.2 Å². The van der Waals surface area contributed by atoms with Crippen molar-refractivity contribution in [2.45, 2.75) is 90.1 Å². The van der Waals surface area contributed by atoms with E-state index in [2.05, 4.69) is 13.8 Å². The summed E-state index contributed by atoms with van der Waals surface area (Å²) in [7, 11) is 0. The zero-order valence-electron chi connectivity index (χ0n) is 13.5. The van der Waals surface area contributed by atoms with Crippen LogP contribution >= 0.6 is 0 Å². The van der Waals surface area contributed by atoms with Crippen molar-refractivity contribution in [1.82, 2.24) is 0 Å². The van der Waals surface area contributed by atoms with Crippen LogP contribution < -0.4 is 11.5 Å². The standard InChI is InChI=1S/C18H34N2/c1-17-10-9-14(11-16(17)20)18(17,2)12-13-5-3-4-6-15(19)8-7-13/h13-16H,3-12,19-20H2,1-2H3. The highest BCUT2D eigenvalue weighted by Gasteiger charge is 2.62. The molecule has 20 heavy (non-hydrogen) atoms. The molecule has 0 heterocycles. The van der Waals surface area contributed by atoms with Crippen LogP contribution in [-0.2, 0) is 0 Å². The van der Waals surface area contributed by atoms with Crippen molar-refractivity contribution >= 4 is 0 Å². The van der Waals surface area contributed by atoms with Crippen LogP contribution in [0, 0.1) is 22.7 Å². The van der Waals surface area contributed by atoms with Crippen molar-refractivity contribution in [3.63, 3.8) is 0 Å². The van der Waals surface area contributed by atoms with E-state index in [4.69, 9.17) is 11.5 Å². The van der Waals surface area contributed by atoms with Gasteiger partial charge in [0.25, 0.3) is 0 Å². The Kier molecular flexibility index (Phi) is 3.92. The first-order valence-electron chi connectivity index (χ1n) is 8.97. The largest absolute Gasteiger partial charge is 0.328 e. The normalized spacial score (nSPS) is 52.8. The molecule has 3 aliphatic rings. The van der Waals surface area contributed by atoms with Crippen molar-refractivity contribution < 1.29 is 0 Å². The van der Waals surface area contributed by atoms with Gasteiger partial charge >= 0.3 is 0 Å². The molecule has 0 aromatic heterocycles. The first kappa shape index (κ1) is 14.8. The van der Waals surface area contributed by atoms with Gasteiger partial charge in [-0.15, -0.1) is 0 Å². The van der Waals surface area contributed by atoms with Crippen LogP contribution in [0.25, 0.3) is 0 Å². The average Bonchev–Trinajstić information content (AvgIpc) is 2.73. The third-order valence-electron chi connectivity index (χ3n) is 7.67. The van der Waals surface area contributed by atoms with Crippen molar-refractivity contribution in [2.75, 3.05) is 0 Å². The minimum absolute atomic E-state index is 0.405. The van der Waals surface area contributed by atoms with E-state index in [0.717, 1.165) is 11.8 Å². The van der Waals surface area contributed by atoms with Crippen molar-refractivity contribution in [3.8, 4) is 0 Å². The Hall–Kier alpha value is -0.0800. The second kappa shape index (κ2) is 5.28. The molecule has 0 radical (unpaired) electrons. The lowest BCUT2D eigenvalue weighted by Gasteiger charge is -2.43. The van der Waals surface area contributed by atoms with E-state index in [0.29, 0.717) is 22.9 Å². The maximum Gasteiger partial charge on any atom is 0.0101 e. The van der Waals surface area contributed by atoms with Gasteiger partial charge in [0.05, 0.1) is 0 Å². The van der Waals surface area contributed by atoms with Gasteiger partial charge in [-0.3, -0.25) is 0 Å². The number of nitrogens with two attached hydrogens (primary N) is 2. The third kappa shape index (κ3) is 2.23. The molecule has 2 nitrogen and oxygen atoms in total. The topological polar surface area (TPSA) is 52.0 Å². The van der Waals surface area contributed by atoms with Crippen molar-refractivity contribution in [3.05, 3.63) is 0 Å². The van der Waals surface area contributed by atoms with Gasteiger partial charge in [0.1, 0.15) is 0 Å². The Morgan fingerprint density at radius 2 is 1.70 bits per heavy atom. The Labute approximate surface area is 125 Å². The molecule has 0 aliphatic heterocycles. The predicted molar refractivity (Wildman–Crippen MR) is 85.3 cm³/mol. The summed E-state index contributed by atoms with van der Waals surface area (Å²) in [6.45, 7) is 5.05. The first-order chi connectivity index (χ1) is 9.46. The molecule has 3 aliphatic carbocycles. The average molecular weight is 278 g/mol. The van der Waals surface area contributed by atoms with E-state index in [-0.39, 0.29) is 0 Å². The molecule has 3 saturated carbocycles. The summed E-state index contributed by atoms with van der Waals surface area (Å²) in [5.41, 5.74) is 13.6. The zero-order chi connectivity index (χ0) is 14.4. The van der Waals surface area contributed by atoms with Crippen LogP contribution in [-0.4, -0.2) is 12.1 Å². The molecule has 116 valence electrons. The molecular weight excluding hydrogens is 244 g/mol. The molecule has 0 aromatic rings. The second-order valence-electron chi connectivity index (χ2n) is 8.60. The van der Waals surface area contributed by atoms with Gasteiger partial charge in [-0.05, 0) is 67.6 Å². The fourth-order valence-electron chi connectivity index (χ4n) is 5.88. The summed E-state index contributed by atoms with van der Waals surface area (Å²) in [5.74, 6) is 1.79. The number of rotatable bonds is 2. The van der Waals surface area contributed by atoms with Gasteiger partial charge in [0.2, 0.25) is 0 Å². The smallest absolute Gasteiger partial charge is 0.0101 e. The lowest BCUT2D eigenvalue weighted by molar-refractivity contribution is 0.0726. The van der Waals surface area contributed by atoms with Gasteiger partial charge in [-0.25, -0.2) is 0 Å². The monoisotopic (exact) mass is 278 g/mol. The molecule has 0 amide bonds. The van der Waals surface area contributed by atoms with E-state index in [1.807, 2.05) is 0 Å². The molecule has 6 unspecified atom stereocenters. The summed E-state index contributed by atoms with van der Waals surface area (Å²) >= 11 is 0. The summed E-state index contributed by atoms with van der Waals surface area (Å²) in [6, 6.07) is 0.908. The number of hydrogen-bond acceptors (Lipinski definition) is 2. The van der Waals surface area contributed by atoms with Crippen LogP contribution in [0.1, 0.15) is 78.1 Å². The predicted octanol–water partition coefficient (Wildman–Crippen LogP) is 3.83. The molecule has 2 bridgehead atoms. The molecule has 4 N–H and O–H groups in total. The van der Waals surface area contributed by atoms with Gasteiger partial charge in [-0.1, -0.05) is 33.1 Å². The summed E-state index contributed by atoms with van der Waals surface area (Å²) in [4.78, 5) is 0. The minimum Gasteiger partial charge on any atom is -0.328 e. The summed E-state index contributed by atoms with van der Waals surface area (Å²) in [5, 5.41) is 0. The van der Waals surface area contributed by atoms with E-state index >= 15 is 0 Å². The van der Waals surface area contributed by atoms with E-state index in [9.17, 15) is 0 Å². The summed E-state index contributed by atoms with van der Waals surface area (Å²) in [6.07, 6.45) is 13.5. The summed E-state index contributed by atoms with van der Waals surface area (Å²) < 4.78 is 0. The van der Waals surface area contributed by atoms with Gasteiger partial charge < -0.3 is 11.5 Å². The molecule has 0 aromatic carbocycles. The van der Waals surface area contributed by atoms with Gasteiger partial charge in [0.15, 0.2) is 0 Å². The second-order valence-corrected chi connectivity index (χ2v) is 8.60. The maximum absolute atomic E-state index is 6.49. The Morgan fingerprint density at radius 3 is 2.35 bits per heavy atom. The molecule has 3 rings (SSSR count). The molecule has 0 spiro atoms. The van der Waals surface area contributed by atoms with Gasteiger partial charge in [0, 0.05) is 12.1 Å². The van der Waals surface area contributed by atoms with Crippen LogP contribution in [0.4, 0.5) is 0 Å². The highest BCUT2D eigenvalue weighted by atomic mass is 14.8. The zero-order valence-corrected chi connectivity index (χ0v) is 13.5. The third-order valence-corrected chi connectivity index (χ3v) is 7.67. The lowest BCUT2D eigenvalue weighted by atomic mass is 9.63. The van der Waals surface area contributed by atoms with Crippen LogP contribution in [0.3, 0.4) is 0 Å². The number of fused-ring (bicyclic) bond motifs is 2. The fraction of sp³-hybridized carbons (Fsp3) is 1.00. The number of hydrogen-bond donors (Lipinski definition) is 2. The van der Waals surface area contributed by atoms with E-state index < -0.39 is 0 Å². The maximum atomic E-state index is 6.49. The Morgan fingerprint density at radius 1 is 0.950 bits per heavy atom. The molecule has 6 atom stereocenters. The molecule has 3 fully saturated rings. The van der Waals surface area contributed by atoms with Crippen LogP contribution in [0.2, 0.25) is 0 Å². The molecule has 2 heteroatoms. The van der Waals surface area contributed by atoms with Crippen LogP contribution in [0.5, 0.6) is 0 Å². The molecule has 0 saturated heterocycles. The fourth-order valence-corrected chi connectivity index (χ4v) is 5.88. The first-order valence-corrected chi connectivity index (χ1v) is 8.97. The van der Waals surface area contributed by atoms with Gasteiger partial charge in [-0.2, -0.15) is 0 Å². The highest BCUT2D eigenvalue weighted by Crippen LogP contribution is 2.67. The molecular formula is C18H34N2. The van der Waals surface area contributed by atoms with Crippen molar-refractivity contribution in [2.24, 2.45) is 34.1 Å². The SMILES string of the molecule is CC12CCC(CC1N)C2(C)CC1CCCCC(N)CC1. The quantitative estimate of drug-likeness (QED) is 0.806.